The molecule has 2 N–H and O–H groups in total. The van der Waals surface area contributed by atoms with E-state index in [0.29, 0.717) is 0 Å². The summed E-state index contributed by atoms with van der Waals surface area (Å²) in [6, 6.07) is 0. The maximum absolute atomic E-state index is 6.55. The SMILES string of the molecule is CCCCCCC(N)(CCCC)CCCC. The molecule has 0 saturated carbocycles. The highest BCUT2D eigenvalue weighted by molar-refractivity contribution is 4.83. The van der Waals surface area contributed by atoms with Gasteiger partial charge in [-0.25, -0.2) is 0 Å². The Morgan fingerprint density at radius 1 is 0.625 bits per heavy atom. The Morgan fingerprint density at radius 3 is 1.50 bits per heavy atom. The minimum atomic E-state index is 0.153. The Hall–Kier alpha value is -0.0400. The molecule has 0 aliphatic rings. The van der Waals surface area contributed by atoms with Crippen molar-refractivity contribution in [3.63, 3.8) is 0 Å². The summed E-state index contributed by atoms with van der Waals surface area (Å²) in [5.41, 5.74) is 6.70. The van der Waals surface area contributed by atoms with Gasteiger partial charge in [-0.1, -0.05) is 72.1 Å². The molecule has 0 aliphatic heterocycles. The molecule has 0 rings (SSSR count). The summed E-state index contributed by atoms with van der Waals surface area (Å²) >= 11 is 0. The fourth-order valence-electron chi connectivity index (χ4n) is 2.34. The van der Waals surface area contributed by atoms with E-state index in [4.69, 9.17) is 5.73 Å². The van der Waals surface area contributed by atoms with Crippen molar-refractivity contribution >= 4 is 0 Å². The van der Waals surface area contributed by atoms with Crippen LogP contribution in [0.1, 0.15) is 91.4 Å². The monoisotopic (exact) mass is 227 g/mol. The topological polar surface area (TPSA) is 26.0 Å². The van der Waals surface area contributed by atoms with Crippen molar-refractivity contribution in [2.75, 3.05) is 0 Å². The van der Waals surface area contributed by atoms with E-state index in [1.54, 1.807) is 0 Å². The molecule has 16 heavy (non-hydrogen) atoms. The maximum atomic E-state index is 6.55. The highest BCUT2D eigenvalue weighted by Crippen LogP contribution is 2.25. The standard InChI is InChI=1S/C15H33N/c1-4-7-10-11-14-15(16,12-8-5-2)13-9-6-3/h4-14,16H2,1-3H3. The molecule has 98 valence electrons. The Balaban J connectivity index is 3.86. The lowest BCUT2D eigenvalue weighted by molar-refractivity contribution is 0.309. The van der Waals surface area contributed by atoms with Gasteiger partial charge in [0, 0.05) is 5.54 Å². The first-order valence-corrected chi connectivity index (χ1v) is 7.47. The van der Waals surface area contributed by atoms with Crippen LogP contribution in [0.25, 0.3) is 0 Å². The van der Waals surface area contributed by atoms with E-state index < -0.39 is 0 Å². The van der Waals surface area contributed by atoms with Crippen LogP contribution in [0.3, 0.4) is 0 Å². The highest BCUT2D eigenvalue weighted by atomic mass is 14.7. The van der Waals surface area contributed by atoms with Crippen molar-refractivity contribution in [1.29, 1.82) is 0 Å². The molecule has 0 fully saturated rings. The van der Waals surface area contributed by atoms with Crippen LogP contribution in [0.5, 0.6) is 0 Å². The molecule has 0 aromatic heterocycles. The van der Waals surface area contributed by atoms with Crippen LogP contribution in [-0.4, -0.2) is 5.54 Å². The molecule has 0 heterocycles. The second kappa shape index (κ2) is 10.1. The first kappa shape index (κ1) is 16.0. The van der Waals surface area contributed by atoms with E-state index in [9.17, 15) is 0 Å². The van der Waals surface area contributed by atoms with E-state index in [1.165, 1.54) is 70.6 Å². The van der Waals surface area contributed by atoms with E-state index in [1.807, 2.05) is 0 Å². The zero-order valence-corrected chi connectivity index (χ0v) is 11.9. The predicted octanol–water partition coefficient (Wildman–Crippen LogP) is 5.03. The average Bonchev–Trinajstić information content (AvgIpc) is 2.30. The molecule has 0 spiro atoms. The van der Waals surface area contributed by atoms with E-state index in [2.05, 4.69) is 20.8 Å². The number of unbranched alkanes of at least 4 members (excludes halogenated alkanes) is 5. The number of rotatable bonds is 11. The molecule has 0 aromatic rings. The molecule has 0 amide bonds. The highest BCUT2D eigenvalue weighted by Gasteiger charge is 2.22. The quantitative estimate of drug-likeness (QED) is 0.492. The molecular weight excluding hydrogens is 194 g/mol. The molecule has 0 unspecified atom stereocenters. The van der Waals surface area contributed by atoms with Crippen LogP contribution in [0.2, 0.25) is 0 Å². The lowest BCUT2D eigenvalue weighted by atomic mass is 9.83. The summed E-state index contributed by atoms with van der Waals surface area (Å²) in [4.78, 5) is 0. The molecular formula is C15H33N. The van der Waals surface area contributed by atoms with E-state index in [0.717, 1.165) is 0 Å². The molecule has 0 aromatic carbocycles. The lowest BCUT2D eigenvalue weighted by Crippen LogP contribution is -2.39. The predicted molar refractivity (Wildman–Crippen MR) is 74.7 cm³/mol. The minimum Gasteiger partial charge on any atom is -0.325 e. The molecule has 1 nitrogen and oxygen atoms in total. The second-order valence-corrected chi connectivity index (χ2v) is 5.38. The Bertz CT molecular complexity index is 134. The first-order chi connectivity index (χ1) is 7.68. The third-order valence-corrected chi connectivity index (χ3v) is 3.58. The van der Waals surface area contributed by atoms with Gasteiger partial charge in [0.2, 0.25) is 0 Å². The molecule has 0 aliphatic carbocycles. The molecule has 0 atom stereocenters. The fourth-order valence-corrected chi connectivity index (χ4v) is 2.34. The molecule has 1 heteroatoms. The summed E-state index contributed by atoms with van der Waals surface area (Å²) < 4.78 is 0. The summed E-state index contributed by atoms with van der Waals surface area (Å²) in [6.07, 6.45) is 14.3. The van der Waals surface area contributed by atoms with Gasteiger partial charge in [-0.3, -0.25) is 0 Å². The van der Waals surface area contributed by atoms with Crippen molar-refractivity contribution < 1.29 is 0 Å². The van der Waals surface area contributed by atoms with E-state index in [-0.39, 0.29) is 5.54 Å². The normalized spacial score (nSPS) is 12.0. The minimum absolute atomic E-state index is 0.153. The van der Waals surface area contributed by atoms with Crippen molar-refractivity contribution in [3.05, 3.63) is 0 Å². The zero-order valence-electron chi connectivity index (χ0n) is 11.9. The summed E-state index contributed by atoms with van der Waals surface area (Å²) in [6.45, 7) is 6.79. The summed E-state index contributed by atoms with van der Waals surface area (Å²) in [5.74, 6) is 0. The third-order valence-electron chi connectivity index (χ3n) is 3.58. The van der Waals surface area contributed by atoms with Gasteiger partial charge < -0.3 is 5.73 Å². The number of hydrogen-bond acceptors (Lipinski definition) is 1. The van der Waals surface area contributed by atoms with Crippen molar-refractivity contribution in [1.82, 2.24) is 0 Å². The van der Waals surface area contributed by atoms with Gasteiger partial charge in [-0.05, 0) is 19.3 Å². The van der Waals surface area contributed by atoms with Crippen molar-refractivity contribution in [3.8, 4) is 0 Å². The Kier molecular flexibility index (Phi) is 10.1. The average molecular weight is 227 g/mol. The third kappa shape index (κ3) is 8.15. The summed E-state index contributed by atoms with van der Waals surface area (Å²) in [5, 5.41) is 0. The van der Waals surface area contributed by atoms with Gasteiger partial charge in [-0.15, -0.1) is 0 Å². The Labute approximate surface area is 103 Å². The Morgan fingerprint density at radius 2 is 1.06 bits per heavy atom. The zero-order chi connectivity index (χ0) is 12.3. The smallest absolute Gasteiger partial charge is 0.0154 e. The van der Waals surface area contributed by atoms with Gasteiger partial charge in [0.05, 0.1) is 0 Å². The van der Waals surface area contributed by atoms with Gasteiger partial charge in [-0.2, -0.15) is 0 Å². The molecule has 0 radical (unpaired) electrons. The van der Waals surface area contributed by atoms with Gasteiger partial charge >= 0.3 is 0 Å². The molecule has 0 bridgehead atoms. The molecule has 0 saturated heterocycles. The van der Waals surface area contributed by atoms with Gasteiger partial charge in [0.25, 0.3) is 0 Å². The van der Waals surface area contributed by atoms with Crippen LogP contribution in [0, 0.1) is 0 Å². The largest absolute Gasteiger partial charge is 0.325 e. The summed E-state index contributed by atoms with van der Waals surface area (Å²) in [7, 11) is 0. The van der Waals surface area contributed by atoms with Crippen LogP contribution < -0.4 is 5.73 Å². The van der Waals surface area contributed by atoms with Gasteiger partial charge in [0.15, 0.2) is 0 Å². The second-order valence-electron chi connectivity index (χ2n) is 5.38. The van der Waals surface area contributed by atoms with Crippen LogP contribution in [0.15, 0.2) is 0 Å². The van der Waals surface area contributed by atoms with Crippen LogP contribution in [0.4, 0.5) is 0 Å². The van der Waals surface area contributed by atoms with Crippen molar-refractivity contribution in [2.45, 2.75) is 96.9 Å². The lowest BCUT2D eigenvalue weighted by Gasteiger charge is -2.30. The van der Waals surface area contributed by atoms with E-state index >= 15 is 0 Å². The number of hydrogen-bond donors (Lipinski definition) is 1. The van der Waals surface area contributed by atoms with Crippen LogP contribution in [-0.2, 0) is 0 Å². The van der Waals surface area contributed by atoms with Gasteiger partial charge in [0.1, 0.15) is 0 Å². The fraction of sp³-hybridized carbons (Fsp3) is 1.00. The van der Waals surface area contributed by atoms with Crippen molar-refractivity contribution in [2.24, 2.45) is 5.73 Å². The van der Waals surface area contributed by atoms with Crippen LogP contribution >= 0.6 is 0 Å². The maximum Gasteiger partial charge on any atom is 0.0154 e. The number of nitrogens with two attached hydrogens (primary N) is 1. The first-order valence-electron chi connectivity index (χ1n) is 7.47.